The van der Waals surface area contributed by atoms with E-state index in [0.717, 1.165) is 11.6 Å². The number of carbonyl (C=O) groups is 2. The quantitative estimate of drug-likeness (QED) is 0.501. The maximum absolute atomic E-state index is 13.8. The second-order valence-corrected chi connectivity index (χ2v) is 7.42. The number of halogens is 2. The summed E-state index contributed by atoms with van der Waals surface area (Å²) in [5, 5.41) is 9.72. The van der Waals surface area contributed by atoms with Gasteiger partial charge in [-0.05, 0) is 43.7 Å². The van der Waals surface area contributed by atoms with Gasteiger partial charge in [0.1, 0.15) is 11.0 Å². The highest BCUT2D eigenvalue weighted by Gasteiger charge is 2.13. The Balaban J connectivity index is 1.70. The number of amides is 2. The molecule has 3 aromatic rings. The number of anilines is 2. The average Bonchev–Trinajstić information content (AvgIpc) is 3.03. The van der Waals surface area contributed by atoms with E-state index < -0.39 is 17.8 Å². The van der Waals surface area contributed by atoms with Crippen LogP contribution in [0.5, 0.6) is 0 Å². The third-order valence-electron chi connectivity index (χ3n) is 4.62. The Morgan fingerprint density at radius 3 is 2.56 bits per heavy atom. The molecule has 0 spiro atoms. The summed E-state index contributed by atoms with van der Waals surface area (Å²) in [4.78, 5) is 23.6. The minimum atomic E-state index is -0.819. The van der Waals surface area contributed by atoms with E-state index in [2.05, 4.69) is 20.5 Å². The zero-order valence-corrected chi connectivity index (χ0v) is 18.5. The van der Waals surface area contributed by atoms with Crippen molar-refractivity contribution in [2.45, 2.75) is 20.4 Å². The van der Waals surface area contributed by atoms with Crippen molar-refractivity contribution < 1.29 is 18.7 Å². The van der Waals surface area contributed by atoms with Crippen LogP contribution in [0.15, 0.2) is 48.5 Å². The van der Waals surface area contributed by atoms with E-state index in [4.69, 9.17) is 11.6 Å². The number of nitrogens with one attached hydrogen (secondary N) is 2. The first-order valence-electron chi connectivity index (χ1n) is 9.69. The van der Waals surface area contributed by atoms with E-state index in [1.54, 1.807) is 17.7 Å². The van der Waals surface area contributed by atoms with Gasteiger partial charge in [0.25, 0.3) is 0 Å². The number of nitrogens with zero attached hydrogens (tertiary/aromatic N) is 2. The average molecular weight is 457 g/mol. The van der Waals surface area contributed by atoms with Crippen molar-refractivity contribution in [3.8, 4) is 0 Å². The summed E-state index contributed by atoms with van der Waals surface area (Å²) in [6.45, 7) is 4.33. The first kappa shape index (κ1) is 23.0. The fourth-order valence-electron chi connectivity index (χ4n) is 2.93. The Labute approximate surface area is 189 Å². The summed E-state index contributed by atoms with van der Waals surface area (Å²) < 4.78 is 19.9. The predicted octanol–water partition coefficient (Wildman–Crippen LogP) is 5.17. The molecule has 0 unspecified atom stereocenters. The van der Waals surface area contributed by atoms with Gasteiger partial charge in [-0.25, -0.2) is 13.9 Å². The molecule has 1 aromatic heterocycles. The van der Waals surface area contributed by atoms with Gasteiger partial charge < -0.3 is 10.1 Å². The molecule has 2 aromatic carbocycles. The SMILES string of the molecule is COC(=O)Nc1cc(NC(=O)/C=C/c2c(C)nn(Cc3ccc(C)cc3)c2Cl)ccc1F. The molecule has 0 aliphatic carbocycles. The number of carbonyl (C=O) groups excluding carboxylic acids is 2. The largest absolute Gasteiger partial charge is 0.453 e. The van der Waals surface area contributed by atoms with Crippen LogP contribution < -0.4 is 10.6 Å². The second kappa shape index (κ2) is 10.1. The summed E-state index contributed by atoms with van der Waals surface area (Å²) in [5.74, 6) is -1.12. The van der Waals surface area contributed by atoms with Gasteiger partial charge in [-0.3, -0.25) is 10.1 Å². The van der Waals surface area contributed by atoms with E-state index in [0.29, 0.717) is 28.6 Å². The van der Waals surface area contributed by atoms with E-state index >= 15 is 0 Å². The predicted molar refractivity (Wildman–Crippen MR) is 122 cm³/mol. The molecule has 0 saturated carbocycles. The Hall–Kier alpha value is -3.65. The molecule has 2 N–H and O–H groups in total. The fraction of sp³-hybridized carbons (Fsp3) is 0.174. The van der Waals surface area contributed by atoms with Gasteiger partial charge in [-0.15, -0.1) is 0 Å². The van der Waals surface area contributed by atoms with Crippen LogP contribution in [0.1, 0.15) is 22.4 Å². The van der Waals surface area contributed by atoms with Gasteiger partial charge in [0.15, 0.2) is 0 Å². The molecular weight excluding hydrogens is 435 g/mol. The van der Waals surface area contributed by atoms with Crippen molar-refractivity contribution in [3.63, 3.8) is 0 Å². The summed E-state index contributed by atoms with van der Waals surface area (Å²) in [7, 11) is 1.17. The van der Waals surface area contributed by atoms with Crippen LogP contribution >= 0.6 is 11.6 Å². The fourth-order valence-corrected chi connectivity index (χ4v) is 3.23. The van der Waals surface area contributed by atoms with Crippen LogP contribution in [-0.2, 0) is 16.1 Å². The number of hydrogen-bond acceptors (Lipinski definition) is 4. The standard InChI is InChI=1S/C23H22ClFN4O3/c1-14-4-6-16(7-5-14)13-29-22(24)18(15(2)28-29)9-11-21(30)26-17-8-10-19(25)20(12-17)27-23(31)32-3/h4-12H,13H2,1-3H3,(H,26,30)(H,27,31)/b11-9+. The molecule has 0 fully saturated rings. The maximum atomic E-state index is 13.8. The van der Waals surface area contributed by atoms with Gasteiger partial charge in [-0.1, -0.05) is 41.4 Å². The zero-order chi connectivity index (χ0) is 23.3. The second-order valence-electron chi connectivity index (χ2n) is 7.07. The monoisotopic (exact) mass is 456 g/mol. The lowest BCUT2D eigenvalue weighted by molar-refractivity contribution is -0.111. The van der Waals surface area contributed by atoms with Crippen molar-refractivity contribution in [2.24, 2.45) is 0 Å². The molecule has 166 valence electrons. The van der Waals surface area contributed by atoms with E-state index in [9.17, 15) is 14.0 Å². The molecule has 0 radical (unpaired) electrons. The number of methoxy groups -OCH3 is 1. The van der Waals surface area contributed by atoms with Crippen LogP contribution in [0.25, 0.3) is 6.08 Å². The molecule has 0 saturated heterocycles. The lowest BCUT2D eigenvalue weighted by Crippen LogP contribution is -2.13. The highest BCUT2D eigenvalue weighted by atomic mass is 35.5. The molecule has 7 nitrogen and oxygen atoms in total. The molecule has 2 amide bonds. The van der Waals surface area contributed by atoms with Crippen LogP contribution in [0.4, 0.5) is 20.6 Å². The van der Waals surface area contributed by atoms with E-state index in [1.165, 1.54) is 30.9 Å². The van der Waals surface area contributed by atoms with Gasteiger partial charge in [0.05, 0.1) is 25.0 Å². The number of ether oxygens (including phenoxy) is 1. The van der Waals surface area contributed by atoms with Gasteiger partial charge >= 0.3 is 6.09 Å². The minimum absolute atomic E-state index is 0.116. The maximum Gasteiger partial charge on any atom is 0.411 e. The smallest absolute Gasteiger partial charge is 0.411 e. The Morgan fingerprint density at radius 1 is 1.16 bits per heavy atom. The number of aryl methyl sites for hydroxylation is 2. The summed E-state index contributed by atoms with van der Waals surface area (Å²) in [6.07, 6.45) is 2.06. The molecule has 32 heavy (non-hydrogen) atoms. The van der Waals surface area contributed by atoms with Crippen LogP contribution in [0, 0.1) is 19.7 Å². The van der Waals surface area contributed by atoms with Crippen molar-refractivity contribution in [2.75, 3.05) is 17.7 Å². The molecule has 0 atom stereocenters. The lowest BCUT2D eigenvalue weighted by atomic mass is 10.1. The molecule has 0 aliphatic rings. The molecule has 3 rings (SSSR count). The molecule has 9 heteroatoms. The van der Waals surface area contributed by atoms with Crippen LogP contribution in [0.3, 0.4) is 0 Å². The first-order chi connectivity index (χ1) is 15.3. The molecular formula is C23H22ClFN4O3. The topological polar surface area (TPSA) is 85.2 Å². The minimum Gasteiger partial charge on any atom is -0.453 e. The normalized spacial score (nSPS) is 10.9. The zero-order valence-electron chi connectivity index (χ0n) is 17.8. The van der Waals surface area contributed by atoms with Crippen molar-refractivity contribution in [1.29, 1.82) is 0 Å². The number of aromatic nitrogens is 2. The van der Waals surface area contributed by atoms with E-state index in [1.807, 2.05) is 31.2 Å². The van der Waals surface area contributed by atoms with Crippen LogP contribution in [0.2, 0.25) is 5.15 Å². The lowest BCUT2D eigenvalue weighted by Gasteiger charge is -2.08. The van der Waals surface area contributed by atoms with E-state index in [-0.39, 0.29) is 5.69 Å². The Kier molecular flexibility index (Phi) is 7.27. The molecule has 0 aliphatic heterocycles. The first-order valence-corrected chi connectivity index (χ1v) is 10.1. The molecule has 1 heterocycles. The molecule has 0 bridgehead atoms. The van der Waals surface area contributed by atoms with Gasteiger partial charge in [0.2, 0.25) is 5.91 Å². The Morgan fingerprint density at radius 2 is 1.88 bits per heavy atom. The van der Waals surface area contributed by atoms with Gasteiger partial charge in [0, 0.05) is 17.3 Å². The summed E-state index contributed by atoms with van der Waals surface area (Å²) in [6, 6.07) is 11.9. The van der Waals surface area contributed by atoms with Gasteiger partial charge in [-0.2, -0.15) is 5.10 Å². The highest BCUT2D eigenvalue weighted by Crippen LogP contribution is 2.23. The summed E-state index contributed by atoms with van der Waals surface area (Å²) in [5.41, 5.74) is 3.71. The van der Waals surface area contributed by atoms with Crippen molar-refractivity contribution >= 4 is 41.1 Å². The van der Waals surface area contributed by atoms with Crippen molar-refractivity contribution in [3.05, 3.63) is 81.9 Å². The van der Waals surface area contributed by atoms with Crippen LogP contribution in [-0.4, -0.2) is 28.9 Å². The Bertz CT molecular complexity index is 1170. The number of hydrogen-bond donors (Lipinski definition) is 2. The third kappa shape index (κ3) is 5.73. The van der Waals surface area contributed by atoms with Crippen molar-refractivity contribution in [1.82, 2.24) is 9.78 Å². The summed E-state index contributed by atoms with van der Waals surface area (Å²) >= 11 is 6.48. The number of rotatable bonds is 6. The third-order valence-corrected chi connectivity index (χ3v) is 5.02. The highest BCUT2D eigenvalue weighted by molar-refractivity contribution is 6.31. The number of benzene rings is 2.